The molecule has 1 aliphatic heterocycles. The van der Waals surface area contributed by atoms with Crippen molar-refractivity contribution in [3.05, 3.63) is 81.9 Å². The highest BCUT2D eigenvalue weighted by molar-refractivity contribution is 5.43. The van der Waals surface area contributed by atoms with Gasteiger partial charge in [0.1, 0.15) is 17.3 Å². The first-order chi connectivity index (χ1) is 16.0. The molecule has 1 aliphatic rings. The maximum atomic E-state index is 13.5. The molecule has 0 aliphatic carbocycles. The lowest BCUT2D eigenvalue weighted by molar-refractivity contribution is 0.207. The third kappa shape index (κ3) is 4.73. The van der Waals surface area contributed by atoms with Crippen molar-refractivity contribution in [1.29, 1.82) is 0 Å². The summed E-state index contributed by atoms with van der Waals surface area (Å²) < 4.78 is 7.34. The summed E-state index contributed by atoms with van der Waals surface area (Å²) in [6.07, 6.45) is 1.81. The molecule has 0 amide bonds. The highest BCUT2D eigenvalue weighted by Gasteiger charge is 2.31. The monoisotopic (exact) mass is 448 g/mol. The van der Waals surface area contributed by atoms with Crippen LogP contribution in [0.2, 0.25) is 0 Å². The van der Waals surface area contributed by atoms with E-state index in [0.717, 1.165) is 49.0 Å². The van der Waals surface area contributed by atoms with E-state index in [0.29, 0.717) is 18.7 Å². The van der Waals surface area contributed by atoms with Crippen molar-refractivity contribution in [2.75, 3.05) is 37.7 Å². The van der Waals surface area contributed by atoms with Crippen LogP contribution in [0.4, 0.5) is 5.82 Å². The van der Waals surface area contributed by atoms with E-state index in [2.05, 4.69) is 14.8 Å². The van der Waals surface area contributed by atoms with Crippen molar-refractivity contribution in [3.8, 4) is 11.5 Å². The fourth-order valence-corrected chi connectivity index (χ4v) is 4.64. The van der Waals surface area contributed by atoms with E-state index in [1.54, 1.807) is 10.6 Å². The van der Waals surface area contributed by atoms with Crippen LogP contribution in [-0.4, -0.2) is 52.3 Å². The molecule has 1 unspecified atom stereocenters. The average Bonchev–Trinajstić information content (AvgIpc) is 2.83. The number of hydrogen-bond donors (Lipinski definition) is 1. The molecule has 7 nitrogen and oxygen atoms in total. The fourth-order valence-electron chi connectivity index (χ4n) is 4.64. The summed E-state index contributed by atoms with van der Waals surface area (Å²) in [5.74, 6) is 1.80. The topological polar surface area (TPSA) is 70.8 Å². The molecule has 0 saturated carbocycles. The van der Waals surface area contributed by atoms with Crippen LogP contribution in [0.25, 0.3) is 0 Å². The maximum Gasteiger partial charge on any atom is 0.259 e. The van der Waals surface area contributed by atoms with Crippen LogP contribution in [0.5, 0.6) is 11.5 Å². The van der Waals surface area contributed by atoms with Crippen molar-refractivity contribution in [2.45, 2.75) is 33.4 Å². The van der Waals surface area contributed by atoms with E-state index in [-0.39, 0.29) is 17.4 Å². The molecule has 1 saturated heterocycles. The van der Waals surface area contributed by atoms with Gasteiger partial charge >= 0.3 is 0 Å². The Bertz CT molecular complexity index is 1120. The van der Waals surface area contributed by atoms with Gasteiger partial charge in [-0.2, -0.15) is 0 Å². The van der Waals surface area contributed by atoms with Gasteiger partial charge in [0.2, 0.25) is 0 Å². The van der Waals surface area contributed by atoms with Crippen LogP contribution in [0, 0.1) is 6.92 Å². The molecule has 0 spiro atoms. The smallest absolute Gasteiger partial charge is 0.259 e. The van der Waals surface area contributed by atoms with Crippen molar-refractivity contribution < 1.29 is 9.84 Å². The highest BCUT2D eigenvalue weighted by Crippen LogP contribution is 2.34. The summed E-state index contributed by atoms with van der Waals surface area (Å²) >= 11 is 0. The van der Waals surface area contributed by atoms with Crippen molar-refractivity contribution in [2.24, 2.45) is 0 Å². The number of ether oxygens (including phenoxy) is 1. The minimum atomic E-state index is -0.350. The summed E-state index contributed by atoms with van der Waals surface area (Å²) in [7, 11) is 0. The molecular formula is C26H32N4O3. The minimum Gasteiger partial charge on any atom is -0.507 e. The van der Waals surface area contributed by atoms with E-state index in [1.165, 1.54) is 0 Å². The van der Waals surface area contributed by atoms with Gasteiger partial charge in [-0.15, -0.1) is 0 Å². The molecule has 3 heterocycles. The first kappa shape index (κ1) is 22.9. The average molecular weight is 449 g/mol. The van der Waals surface area contributed by atoms with Crippen molar-refractivity contribution >= 4 is 5.82 Å². The zero-order valence-corrected chi connectivity index (χ0v) is 19.6. The Morgan fingerprint density at radius 3 is 2.39 bits per heavy atom. The third-order valence-corrected chi connectivity index (χ3v) is 6.27. The maximum absolute atomic E-state index is 13.5. The number of hydrogen-bond acceptors (Lipinski definition) is 6. The Morgan fingerprint density at radius 2 is 1.79 bits per heavy atom. The molecule has 1 N–H and O–H groups in total. The molecule has 7 heteroatoms. The van der Waals surface area contributed by atoms with Crippen LogP contribution in [-0.2, 0) is 6.54 Å². The van der Waals surface area contributed by atoms with Gasteiger partial charge in [0.15, 0.2) is 0 Å². The summed E-state index contributed by atoms with van der Waals surface area (Å²) in [6.45, 7) is 9.98. The lowest BCUT2D eigenvalue weighted by Gasteiger charge is -2.40. The Balaban J connectivity index is 1.71. The normalized spacial score (nSPS) is 15.4. The SMILES string of the molecule is CCOc1ccc(C(c2c(O)cc(C)n(CC)c2=O)N2CCN(c3ccccn3)CC2)cc1. The van der Waals surface area contributed by atoms with Gasteiger partial charge in [-0.1, -0.05) is 18.2 Å². The van der Waals surface area contributed by atoms with E-state index >= 15 is 0 Å². The van der Waals surface area contributed by atoms with Crippen LogP contribution >= 0.6 is 0 Å². The number of rotatable bonds is 7. The molecule has 0 radical (unpaired) electrons. The first-order valence-corrected chi connectivity index (χ1v) is 11.6. The lowest BCUT2D eigenvalue weighted by atomic mass is 9.96. The molecule has 174 valence electrons. The third-order valence-electron chi connectivity index (χ3n) is 6.27. The van der Waals surface area contributed by atoms with Crippen LogP contribution in [0.1, 0.15) is 36.7 Å². The summed E-state index contributed by atoms with van der Waals surface area (Å²) in [4.78, 5) is 22.5. The molecule has 1 atom stereocenters. The Hall–Kier alpha value is -3.32. The van der Waals surface area contributed by atoms with Gasteiger partial charge in [-0.25, -0.2) is 4.98 Å². The van der Waals surface area contributed by atoms with Gasteiger partial charge in [0, 0.05) is 44.6 Å². The van der Waals surface area contributed by atoms with Crippen molar-refractivity contribution in [3.63, 3.8) is 0 Å². The van der Waals surface area contributed by atoms with Crippen LogP contribution in [0.3, 0.4) is 0 Å². The molecular weight excluding hydrogens is 416 g/mol. The molecule has 3 aromatic rings. The number of piperazine rings is 1. The second-order valence-corrected chi connectivity index (χ2v) is 8.25. The van der Waals surface area contributed by atoms with E-state index < -0.39 is 0 Å². The number of aromatic nitrogens is 2. The molecule has 2 aromatic heterocycles. The molecule has 1 aromatic carbocycles. The largest absolute Gasteiger partial charge is 0.507 e. The number of pyridine rings is 2. The van der Waals surface area contributed by atoms with Gasteiger partial charge in [0.05, 0.1) is 18.2 Å². The van der Waals surface area contributed by atoms with Gasteiger partial charge in [-0.3, -0.25) is 9.69 Å². The quantitative estimate of drug-likeness (QED) is 0.596. The molecule has 0 bridgehead atoms. The lowest BCUT2D eigenvalue weighted by Crippen LogP contribution is -2.49. The number of aryl methyl sites for hydroxylation is 1. The Labute approximate surface area is 194 Å². The van der Waals surface area contributed by atoms with E-state index in [1.807, 2.05) is 69.4 Å². The fraction of sp³-hybridized carbons (Fsp3) is 0.385. The Morgan fingerprint density at radius 1 is 1.06 bits per heavy atom. The molecule has 4 rings (SSSR count). The second kappa shape index (κ2) is 10.1. The zero-order valence-electron chi connectivity index (χ0n) is 19.6. The highest BCUT2D eigenvalue weighted by atomic mass is 16.5. The van der Waals surface area contributed by atoms with Crippen LogP contribution < -0.4 is 15.2 Å². The zero-order chi connectivity index (χ0) is 23.4. The summed E-state index contributed by atoms with van der Waals surface area (Å²) in [5, 5.41) is 10.9. The molecule has 1 fully saturated rings. The first-order valence-electron chi connectivity index (χ1n) is 11.6. The molecule has 33 heavy (non-hydrogen) atoms. The predicted octanol–water partition coefficient (Wildman–Crippen LogP) is 3.59. The number of anilines is 1. The number of aromatic hydroxyl groups is 1. The minimum absolute atomic E-state index is 0.0493. The summed E-state index contributed by atoms with van der Waals surface area (Å²) in [6, 6.07) is 15.1. The van der Waals surface area contributed by atoms with Crippen LogP contribution in [0.15, 0.2) is 59.5 Å². The van der Waals surface area contributed by atoms with Gasteiger partial charge in [0.25, 0.3) is 5.56 Å². The standard InChI is InChI=1S/C26H32N4O3/c1-4-30-19(3)18-22(31)24(26(30)32)25(20-9-11-21(12-10-20)33-5-2)29-16-14-28(15-17-29)23-8-6-7-13-27-23/h6-13,18,25,31H,4-5,14-17H2,1-3H3. The predicted molar refractivity (Wildman–Crippen MR) is 130 cm³/mol. The van der Waals surface area contributed by atoms with Gasteiger partial charge in [-0.05, 0) is 56.7 Å². The summed E-state index contributed by atoms with van der Waals surface area (Å²) in [5.41, 5.74) is 2.01. The number of benzene rings is 1. The Kier molecular flexibility index (Phi) is 6.99. The van der Waals surface area contributed by atoms with Gasteiger partial charge < -0.3 is 19.3 Å². The van der Waals surface area contributed by atoms with E-state index in [9.17, 15) is 9.90 Å². The van der Waals surface area contributed by atoms with E-state index in [4.69, 9.17) is 4.74 Å². The van der Waals surface area contributed by atoms with Crippen molar-refractivity contribution in [1.82, 2.24) is 14.5 Å². The number of nitrogens with zero attached hydrogens (tertiary/aromatic N) is 4. The second-order valence-electron chi connectivity index (χ2n) is 8.25.